The molecule has 0 saturated heterocycles. The highest BCUT2D eigenvalue weighted by atomic mass is 32.2. The summed E-state index contributed by atoms with van der Waals surface area (Å²) < 4.78 is 1.90. The number of carbonyl (C=O) groups excluding carboxylic acids is 1. The minimum absolute atomic E-state index is 0.178. The second-order valence-corrected chi connectivity index (χ2v) is 6.80. The first kappa shape index (κ1) is 13.6. The van der Waals surface area contributed by atoms with Crippen LogP contribution in [-0.4, -0.2) is 28.0 Å². The monoisotopic (exact) mass is 296 g/mol. The third kappa shape index (κ3) is 3.83. The summed E-state index contributed by atoms with van der Waals surface area (Å²) in [5.74, 6) is 0.925. The number of nitrogens with zero attached hydrogens (tertiary/aromatic N) is 2. The van der Waals surface area contributed by atoms with E-state index in [0.717, 1.165) is 20.0 Å². The molecule has 0 aliphatic heterocycles. The summed E-state index contributed by atoms with van der Waals surface area (Å²) in [5, 5.41) is 8.07. The average Bonchev–Trinajstić information content (AvgIpc) is 2.87. The molecule has 0 aliphatic carbocycles. The lowest BCUT2D eigenvalue weighted by molar-refractivity contribution is 0.0989. The second kappa shape index (κ2) is 6.92. The minimum Gasteiger partial charge on any atom is -0.294 e. The Morgan fingerprint density at radius 3 is 2.61 bits per heavy atom. The maximum atomic E-state index is 11.8. The van der Waals surface area contributed by atoms with E-state index in [9.17, 15) is 4.79 Å². The number of benzene rings is 1. The zero-order valence-corrected chi connectivity index (χ0v) is 12.3. The second-order valence-electron chi connectivity index (χ2n) is 3.43. The summed E-state index contributed by atoms with van der Waals surface area (Å²) >= 11 is 4.75. The summed E-state index contributed by atoms with van der Waals surface area (Å²) in [4.78, 5) is 11.8. The highest BCUT2D eigenvalue weighted by Crippen LogP contribution is 2.27. The van der Waals surface area contributed by atoms with Gasteiger partial charge < -0.3 is 0 Å². The quantitative estimate of drug-likeness (QED) is 0.601. The Hall–Kier alpha value is -0.850. The minimum atomic E-state index is 0.178. The molecule has 1 aromatic carbocycles. The van der Waals surface area contributed by atoms with Gasteiger partial charge in [-0.2, -0.15) is 0 Å². The molecule has 0 saturated carbocycles. The van der Waals surface area contributed by atoms with E-state index in [2.05, 4.69) is 10.2 Å². The summed E-state index contributed by atoms with van der Waals surface area (Å²) in [6.07, 6.45) is 2.51. The molecule has 0 fully saturated rings. The van der Waals surface area contributed by atoms with Crippen molar-refractivity contribution in [3.05, 3.63) is 35.9 Å². The number of hydrogen-bond donors (Lipinski definition) is 0. The number of Topliss-reactive ketones (excluding diaryl/α,β-unsaturated/α-hetero) is 1. The Balaban J connectivity index is 1.80. The van der Waals surface area contributed by atoms with E-state index in [0.29, 0.717) is 6.42 Å². The molecule has 2 rings (SSSR count). The Labute approximate surface area is 118 Å². The van der Waals surface area contributed by atoms with Gasteiger partial charge in [0.25, 0.3) is 0 Å². The number of carbonyl (C=O) groups is 1. The molecule has 0 atom stereocenters. The van der Waals surface area contributed by atoms with Crippen LogP contribution in [0.4, 0.5) is 0 Å². The van der Waals surface area contributed by atoms with Crippen LogP contribution in [-0.2, 0) is 0 Å². The van der Waals surface area contributed by atoms with Gasteiger partial charge in [0, 0.05) is 17.7 Å². The SMILES string of the molecule is CSc1nnc(SCCC(=O)c2ccccc2)s1. The highest BCUT2D eigenvalue weighted by Gasteiger charge is 2.07. The lowest BCUT2D eigenvalue weighted by Gasteiger charge is -1.99. The molecule has 0 N–H and O–H groups in total. The standard InChI is InChI=1S/C12H12N2OS3/c1-16-11-13-14-12(18-11)17-8-7-10(15)9-5-3-2-4-6-9/h2-6H,7-8H2,1H3. The molecule has 1 heterocycles. The fraction of sp³-hybridized carbons (Fsp3) is 0.250. The molecule has 1 aromatic heterocycles. The van der Waals surface area contributed by atoms with Crippen molar-refractivity contribution in [2.24, 2.45) is 0 Å². The van der Waals surface area contributed by atoms with Gasteiger partial charge in [-0.05, 0) is 6.26 Å². The van der Waals surface area contributed by atoms with Gasteiger partial charge in [-0.15, -0.1) is 10.2 Å². The van der Waals surface area contributed by atoms with E-state index in [4.69, 9.17) is 0 Å². The topological polar surface area (TPSA) is 42.9 Å². The predicted octanol–water partition coefficient (Wildman–Crippen LogP) is 3.63. The van der Waals surface area contributed by atoms with Gasteiger partial charge in [-0.25, -0.2) is 0 Å². The van der Waals surface area contributed by atoms with Crippen LogP contribution in [0.3, 0.4) is 0 Å². The highest BCUT2D eigenvalue weighted by molar-refractivity contribution is 8.02. The number of aromatic nitrogens is 2. The van der Waals surface area contributed by atoms with Crippen molar-refractivity contribution >= 4 is 40.6 Å². The Bertz CT molecular complexity index is 513. The number of thioether (sulfide) groups is 2. The average molecular weight is 296 g/mol. The number of hydrogen-bond acceptors (Lipinski definition) is 6. The number of ketones is 1. The third-order valence-corrected chi connectivity index (χ3v) is 5.25. The maximum Gasteiger partial charge on any atom is 0.175 e. The van der Waals surface area contributed by atoms with Gasteiger partial charge in [0.05, 0.1) is 0 Å². The van der Waals surface area contributed by atoms with Crippen LogP contribution in [0.15, 0.2) is 39.0 Å². The van der Waals surface area contributed by atoms with Crippen molar-refractivity contribution in [1.82, 2.24) is 10.2 Å². The van der Waals surface area contributed by atoms with Crippen LogP contribution in [0.2, 0.25) is 0 Å². The molecule has 0 aliphatic rings. The first-order valence-corrected chi connectivity index (χ1v) is 8.41. The molecule has 0 bridgehead atoms. The van der Waals surface area contributed by atoms with Crippen LogP contribution in [0.1, 0.15) is 16.8 Å². The first-order valence-electron chi connectivity index (χ1n) is 5.38. The summed E-state index contributed by atoms with van der Waals surface area (Å²) in [5.41, 5.74) is 0.778. The van der Waals surface area contributed by atoms with E-state index >= 15 is 0 Å². The Morgan fingerprint density at radius 2 is 1.94 bits per heavy atom. The van der Waals surface area contributed by atoms with Crippen molar-refractivity contribution in [3.8, 4) is 0 Å². The van der Waals surface area contributed by atoms with Gasteiger partial charge in [-0.3, -0.25) is 4.79 Å². The van der Waals surface area contributed by atoms with Crippen LogP contribution in [0.25, 0.3) is 0 Å². The molecular formula is C12H12N2OS3. The van der Waals surface area contributed by atoms with Crippen molar-refractivity contribution in [3.63, 3.8) is 0 Å². The fourth-order valence-electron chi connectivity index (χ4n) is 1.34. The van der Waals surface area contributed by atoms with Crippen LogP contribution < -0.4 is 0 Å². The Kier molecular flexibility index (Phi) is 5.22. The maximum absolute atomic E-state index is 11.8. The Morgan fingerprint density at radius 1 is 1.22 bits per heavy atom. The summed E-state index contributed by atoms with van der Waals surface area (Å²) in [6.45, 7) is 0. The van der Waals surface area contributed by atoms with Gasteiger partial charge >= 0.3 is 0 Å². The molecular weight excluding hydrogens is 284 g/mol. The normalized spacial score (nSPS) is 10.5. The smallest absolute Gasteiger partial charge is 0.175 e. The molecule has 0 radical (unpaired) electrons. The zero-order chi connectivity index (χ0) is 12.8. The molecule has 2 aromatic rings. The lowest BCUT2D eigenvalue weighted by Crippen LogP contribution is -1.99. The van der Waals surface area contributed by atoms with E-state index in [1.807, 2.05) is 36.6 Å². The fourth-order valence-corrected chi connectivity index (χ4v) is 3.78. The third-order valence-electron chi connectivity index (χ3n) is 2.21. The summed E-state index contributed by atoms with van der Waals surface area (Å²) in [6, 6.07) is 9.38. The molecule has 6 heteroatoms. The largest absolute Gasteiger partial charge is 0.294 e. The van der Waals surface area contributed by atoms with E-state index in [-0.39, 0.29) is 5.78 Å². The van der Waals surface area contributed by atoms with E-state index in [1.54, 1.807) is 34.9 Å². The van der Waals surface area contributed by atoms with Gasteiger partial charge in [-0.1, -0.05) is 65.2 Å². The van der Waals surface area contributed by atoms with E-state index in [1.165, 1.54) is 0 Å². The lowest BCUT2D eigenvalue weighted by atomic mass is 10.1. The van der Waals surface area contributed by atoms with Gasteiger partial charge in [0.2, 0.25) is 0 Å². The van der Waals surface area contributed by atoms with Gasteiger partial charge in [0.1, 0.15) is 0 Å². The molecule has 0 spiro atoms. The van der Waals surface area contributed by atoms with Crippen LogP contribution >= 0.6 is 34.9 Å². The molecule has 94 valence electrons. The molecule has 18 heavy (non-hydrogen) atoms. The molecule has 0 amide bonds. The number of rotatable bonds is 6. The van der Waals surface area contributed by atoms with Crippen molar-refractivity contribution in [2.45, 2.75) is 15.1 Å². The first-order chi connectivity index (χ1) is 8.79. The summed E-state index contributed by atoms with van der Waals surface area (Å²) in [7, 11) is 0. The van der Waals surface area contributed by atoms with Crippen molar-refractivity contribution in [2.75, 3.05) is 12.0 Å². The molecule has 0 unspecified atom stereocenters. The van der Waals surface area contributed by atoms with Crippen LogP contribution in [0.5, 0.6) is 0 Å². The zero-order valence-electron chi connectivity index (χ0n) is 9.83. The molecule has 3 nitrogen and oxygen atoms in total. The van der Waals surface area contributed by atoms with Gasteiger partial charge in [0.15, 0.2) is 14.5 Å². The van der Waals surface area contributed by atoms with Crippen molar-refractivity contribution < 1.29 is 4.79 Å². The predicted molar refractivity (Wildman–Crippen MR) is 77.8 cm³/mol. The van der Waals surface area contributed by atoms with Crippen LogP contribution in [0, 0.1) is 0 Å². The van der Waals surface area contributed by atoms with E-state index < -0.39 is 0 Å². The van der Waals surface area contributed by atoms with Crippen molar-refractivity contribution in [1.29, 1.82) is 0 Å².